The number of carbonyl (C=O) groups is 7. The summed E-state index contributed by atoms with van der Waals surface area (Å²) in [4.78, 5) is 118. The normalized spacial score (nSPS) is 17.2. The van der Waals surface area contributed by atoms with Gasteiger partial charge in [0.1, 0.15) is 51.6 Å². The summed E-state index contributed by atoms with van der Waals surface area (Å²) in [6, 6.07) is 9.81. The van der Waals surface area contributed by atoms with Gasteiger partial charge in [0.2, 0.25) is 11.7 Å². The van der Waals surface area contributed by atoms with Crippen molar-refractivity contribution >= 4 is 53.8 Å². The van der Waals surface area contributed by atoms with Crippen molar-refractivity contribution in [3.8, 4) is 39.7 Å². The molecule has 6 aromatic heterocycles. The maximum atomic E-state index is 13.8. The molecule has 9 rings (SSSR count). The minimum Gasteiger partial charge on any atom is -0.477 e. The second kappa shape index (κ2) is 29.9. The smallest absolute Gasteiger partial charge is 0.354 e. The number of hydrogen-bond donors (Lipinski definition) is 7. The average Bonchev–Trinajstić information content (AvgIpc) is 1.72. The number of furan rings is 3. The average molecular weight is 1260 g/mol. The van der Waals surface area contributed by atoms with Gasteiger partial charge in [-0.1, -0.05) is 19.3 Å². The number of carboxylic acids is 3. The highest BCUT2D eigenvalue weighted by molar-refractivity contribution is 8.00. The Hall–Kier alpha value is -8.43. The van der Waals surface area contributed by atoms with E-state index in [0.29, 0.717) is 172 Å². The van der Waals surface area contributed by atoms with Crippen molar-refractivity contribution in [1.82, 2.24) is 50.9 Å². The minimum atomic E-state index is -1.26. The molecular formula is C64H78N10O15S. The molecule has 0 radical (unpaired) electrons. The number of rotatable bonds is 28. The predicted octanol–water partition coefficient (Wildman–Crippen LogP) is 8.30. The number of fused-ring (bicyclic) bond motifs is 1. The van der Waals surface area contributed by atoms with Crippen molar-refractivity contribution in [2.75, 3.05) is 65.2 Å². The SMILES string of the molecule is COOc1c(C)oc(-c2cc(CN3CCN(Cc4cc(-c5oc(C)c(C=O)c5C)cc(C(=O)O)n4)CCN(Cc4cc(-c5oc(C)c(C(=O)NCCCCCCNC(=O)CCCCC6SCC7NC(=O)NC76)c5C)cc(C(=O)O)n4)CC3)nc(C(=O)O)c2)c1C. The molecule has 3 unspecified atom stereocenters. The molecule has 3 aliphatic heterocycles. The lowest BCUT2D eigenvalue weighted by Crippen LogP contribution is -2.36. The van der Waals surface area contributed by atoms with E-state index in [1.807, 2.05) is 11.8 Å². The van der Waals surface area contributed by atoms with E-state index in [-0.39, 0.29) is 66.6 Å². The van der Waals surface area contributed by atoms with E-state index in [1.54, 1.807) is 59.7 Å². The number of aromatic nitrogens is 3. The Bertz CT molecular complexity index is 3650. The van der Waals surface area contributed by atoms with Crippen LogP contribution in [0.1, 0.15) is 155 Å². The molecule has 480 valence electrons. The van der Waals surface area contributed by atoms with Crippen molar-refractivity contribution in [2.45, 2.75) is 130 Å². The summed E-state index contributed by atoms with van der Waals surface area (Å²) in [5, 5.41) is 43.3. The van der Waals surface area contributed by atoms with Gasteiger partial charge in [-0.25, -0.2) is 34.1 Å². The van der Waals surface area contributed by atoms with Crippen molar-refractivity contribution in [3.05, 3.63) is 116 Å². The van der Waals surface area contributed by atoms with Gasteiger partial charge < -0.3 is 54.7 Å². The van der Waals surface area contributed by atoms with Gasteiger partial charge in [-0.3, -0.25) is 29.1 Å². The standard InChI is InChI=1S/C64H78N10O15S/c1-35-47(33-75)38(4)86-57(35)41-24-44(67-48(27-41)61(78)79)30-72-18-20-73(21-23-74(22-19-72)32-46-26-43(29-50(69-46)63(82)83)59-37(3)56(89-85-7)40(6)88-59)31-45-25-42(28-49(68-45)62(80)81)58-36(2)54(39(5)87-58)60(77)66-17-13-9-8-12-16-65-53(76)15-11-10-14-52-55-51(34-90-52)70-64(84)71-55/h24-29,33,51-52,55H,8-23,30-32,34H2,1-7H3,(H,65,76)(H,66,77)(H,78,79)(H,80,81)(H,82,83)(H2,70,71,84). The second-order valence-corrected chi connectivity index (χ2v) is 24.4. The summed E-state index contributed by atoms with van der Waals surface area (Å²) in [5.74, 6) is -0.508. The molecule has 3 fully saturated rings. The number of hydrogen-bond acceptors (Lipinski definition) is 19. The first kappa shape index (κ1) is 66.0. The molecule has 3 aliphatic rings. The number of carbonyl (C=O) groups excluding carboxylic acids is 4. The Morgan fingerprint density at radius 1 is 0.622 bits per heavy atom. The summed E-state index contributed by atoms with van der Waals surface area (Å²) >= 11 is 1.88. The van der Waals surface area contributed by atoms with Crippen LogP contribution in [0, 0.1) is 41.5 Å². The van der Waals surface area contributed by atoms with Gasteiger partial charge in [0.25, 0.3) is 5.91 Å². The highest BCUT2D eigenvalue weighted by atomic mass is 32.2. The fourth-order valence-electron chi connectivity index (χ4n) is 12.1. The lowest BCUT2D eigenvalue weighted by molar-refractivity contribution is -0.179. The number of nitrogens with one attached hydrogen (secondary N) is 4. The van der Waals surface area contributed by atoms with Gasteiger partial charge in [-0.2, -0.15) is 16.6 Å². The zero-order chi connectivity index (χ0) is 64.3. The minimum absolute atomic E-state index is 0.0361. The van der Waals surface area contributed by atoms with Crippen molar-refractivity contribution in [3.63, 3.8) is 0 Å². The quantitative estimate of drug-likeness (QED) is 0.00798. The molecule has 0 bridgehead atoms. The zero-order valence-electron chi connectivity index (χ0n) is 51.7. The molecule has 3 atom stereocenters. The first-order valence-corrected chi connectivity index (χ1v) is 31.3. The van der Waals surface area contributed by atoms with Crippen LogP contribution in [-0.2, 0) is 29.3 Å². The summed E-state index contributed by atoms with van der Waals surface area (Å²) in [5.41, 5.74) is 4.37. The predicted molar refractivity (Wildman–Crippen MR) is 332 cm³/mol. The number of pyridine rings is 3. The van der Waals surface area contributed by atoms with Crippen LogP contribution in [-0.4, -0.2) is 170 Å². The molecule has 9 heterocycles. The summed E-state index contributed by atoms with van der Waals surface area (Å²) in [6.45, 7) is 14.5. The number of thioether (sulfide) groups is 1. The number of aryl methyl sites for hydroxylation is 3. The number of amides is 4. The molecule has 0 aliphatic carbocycles. The third-order valence-corrected chi connectivity index (χ3v) is 18.2. The number of unbranched alkanes of at least 4 members (excludes halogenated alkanes) is 4. The van der Waals surface area contributed by atoms with Crippen LogP contribution in [0.2, 0.25) is 0 Å². The highest BCUT2D eigenvalue weighted by Gasteiger charge is 2.42. The van der Waals surface area contributed by atoms with Crippen LogP contribution in [0.5, 0.6) is 5.75 Å². The molecule has 7 N–H and O–H groups in total. The molecule has 0 saturated carbocycles. The monoisotopic (exact) mass is 1260 g/mol. The van der Waals surface area contributed by atoms with Crippen molar-refractivity contribution in [2.24, 2.45) is 0 Å². The van der Waals surface area contributed by atoms with E-state index in [2.05, 4.69) is 50.9 Å². The Labute approximate surface area is 525 Å². The van der Waals surface area contributed by atoms with E-state index in [4.69, 9.17) is 23.0 Å². The van der Waals surface area contributed by atoms with E-state index >= 15 is 0 Å². The van der Waals surface area contributed by atoms with Gasteiger partial charge in [0.05, 0.1) is 47.4 Å². The van der Waals surface area contributed by atoms with E-state index in [9.17, 15) is 48.9 Å². The zero-order valence-corrected chi connectivity index (χ0v) is 52.6. The lowest BCUT2D eigenvalue weighted by atomic mass is 10.0. The number of aldehydes is 1. The Morgan fingerprint density at radius 2 is 1.10 bits per heavy atom. The molecule has 25 nitrogen and oxygen atoms in total. The molecular weight excluding hydrogens is 1180 g/mol. The van der Waals surface area contributed by atoms with Gasteiger partial charge in [0, 0.05) is 123 Å². The number of aromatic carboxylic acids is 3. The molecule has 3 saturated heterocycles. The van der Waals surface area contributed by atoms with Crippen molar-refractivity contribution < 1.29 is 71.9 Å². The lowest BCUT2D eigenvalue weighted by Gasteiger charge is -2.25. The fourth-order valence-corrected chi connectivity index (χ4v) is 13.6. The Morgan fingerprint density at radius 3 is 1.59 bits per heavy atom. The summed E-state index contributed by atoms with van der Waals surface area (Å²) in [6.07, 6.45) is 7.11. The van der Waals surface area contributed by atoms with Gasteiger partial charge in [-0.15, -0.1) is 0 Å². The number of urea groups is 1. The van der Waals surface area contributed by atoms with E-state index < -0.39 is 17.9 Å². The number of carboxylic acid groups (broad SMARTS) is 3. The van der Waals surface area contributed by atoms with Crippen LogP contribution in [0.25, 0.3) is 34.0 Å². The highest BCUT2D eigenvalue weighted by Crippen LogP contribution is 2.38. The molecule has 4 amide bonds. The third kappa shape index (κ3) is 16.1. The molecule has 26 heteroatoms. The van der Waals surface area contributed by atoms with Crippen molar-refractivity contribution in [1.29, 1.82) is 0 Å². The Balaban J connectivity index is 0.876. The number of nitrogens with zero attached hydrogens (tertiary/aromatic N) is 6. The maximum Gasteiger partial charge on any atom is 0.354 e. The third-order valence-electron chi connectivity index (χ3n) is 16.7. The second-order valence-electron chi connectivity index (χ2n) is 23.2. The van der Waals surface area contributed by atoms with Crippen LogP contribution in [0.15, 0.2) is 49.6 Å². The molecule has 0 aromatic carbocycles. The fraction of sp³-hybridized carbons (Fsp3) is 0.469. The Kier molecular flexibility index (Phi) is 21.9. The maximum absolute atomic E-state index is 13.8. The van der Waals surface area contributed by atoms with Crippen LogP contribution in [0.3, 0.4) is 0 Å². The largest absolute Gasteiger partial charge is 0.477 e. The first-order valence-electron chi connectivity index (χ1n) is 30.3. The molecule has 6 aromatic rings. The summed E-state index contributed by atoms with van der Waals surface area (Å²) < 4.78 is 18.4. The van der Waals surface area contributed by atoms with Crippen LogP contribution < -0.4 is 26.2 Å². The molecule has 90 heavy (non-hydrogen) atoms. The van der Waals surface area contributed by atoms with Gasteiger partial charge >= 0.3 is 23.9 Å². The van der Waals surface area contributed by atoms with Crippen LogP contribution in [0.4, 0.5) is 4.79 Å². The van der Waals surface area contributed by atoms with E-state index in [1.165, 1.54) is 25.3 Å². The van der Waals surface area contributed by atoms with Gasteiger partial charge in [0.15, 0.2) is 6.29 Å². The molecule has 0 spiro atoms. The van der Waals surface area contributed by atoms with Crippen LogP contribution >= 0.6 is 11.8 Å². The van der Waals surface area contributed by atoms with E-state index in [0.717, 1.165) is 50.7 Å². The first-order chi connectivity index (χ1) is 43.2. The topological polar surface area (TPSA) is 335 Å². The summed E-state index contributed by atoms with van der Waals surface area (Å²) in [7, 11) is 1.37. The van der Waals surface area contributed by atoms with Gasteiger partial charge in [-0.05, 0) is 104 Å².